The fourth-order valence-electron chi connectivity index (χ4n) is 2.04. The molecule has 0 aromatic carbocycles. The number of hydrogen-bond donors (Lipinski definition) is 0. The summed E-state index contributed by atoms with van der Waals surface area (Å²) < 4.78 is 5.60. The molecule has 0 spiro atoms. The average molecular weight is 232 g/mol. The standard InChI is InChI=1S/C12H16N4O/c1-16-7-3-2-4-10(16)9-17-12-11(8-13)14-5-6-15-12/h5-6,10H,2-4,7,9H2,1H3. The lowest BCUT2D eigenvalue weighted by Crippen LogP contribution is -2.40. The van der Waals surface area contributed by atoms with Crippen LogP contribution in [-0.4, -0.2) is 41.1 Å². The number of hydrogen-bond acceptors (Lipinski definition) is 5. The van der Waals surface area contributed by atoms with Crippen LogP contribution in [0, 0.1) is 11.3 Å². The largest absolute Gasteiger partial charge is 0.474 e. The molecular formula is C12H16N4O. The Morgan fingerprint density at radius 2 is 2.29 bits per heavy atom. The van der Waals surface area contributed by atoms with E-state index in [0.717, 1.165) is 13.0 Å². The van der Waals surface area contributed by atoms with Crippen LogP contribution in [0.25, 0.3) is 0 Å². The second-order valence-electron chi connectivity index (χ2n) is 4.26. The van der Waals surface area contributed by atoms with Gasteiger partial charge in [0.2, 0.25) is 5.69 Å². The zero-order valence-electron chi connectivity index (χ0n) is 9.96. The number of likely N-dealkylation sites (tertiary alicyclic amines) is 1. The van der Waals surface area contributed by atoms with Crippen LogP contribution in [0.1, 0.15) is 25.0 Å². The van der Waals surface area contributed by atoms with Gasteiger partial charge in [0.1, 0.15) is 12.7 Å². The van der Waals surface area contributed by atoms with E-state index >= 15 is 0 Å². The van der Waals surface area contributed by atoms with Gasteiger partial charge in [-0.15, -0.1) is 0 Å². The molecule has 0 aliphatic carbocycles. The predicted molar refractivity (Wildman–Crippen MR) is 62.5 cm³/mol. The molecule has 1 aliphatic rings. The summed E-state index contributed by atoms with van der Waals surface area (Å²) in [5, 5.41) is 8.86. The third kappa shape index (κ3) is 2.92. The monoisotopic (exact) mass is 232 g/mol. The molecule has 5 nitrogen and oxygen atoms in total. The van der Waals surface area contributed by atoms with Crippen molar-refractivity contribution in [3.05, 3.63) is 18.1 Å². The number of rotatable bonds is 3. The highest BCUT2D eigenvalue weighted by Gasteiger charge is 2.20. The van der Waals surface area contributed by atoms with E-state index in [0.29, 0.717) is 18.5 Å². The third-order valence-corrected chi connectivity index (χ3v) is 3.10. The predicted octanol–water partition coefficient (Wildman–Crippen LogP) is 1.21. The van der Waals surface area contributed by atoms with E-state index in [4.69, 9.17) is 10.00 Å². The lowest BCUT2D eigenvalue weighted by Gasteiger charge is -2.31. The number of likely N-dealkylation sites (N-methyl/N-ethyl adjacent to an activating group) is 1. The fraction of sp³-hybridized carbons (Fsp3) is 0.583. The quantitative estimate of drug-likeness (QED) is 0.784. The Balaban J connectivity index is 1.95. The molecule has 17 heavy (non-hydrogen) atoms. The molecule has 0 bridgehead atoms. The second kappa shape index (κ2) is 5.60. The number of nitriles is 1. The van der Waals surface area contributed by atoms with Crippen molar-refractivity contribution in [1.29, 1.82) is 5.26 Å². The normalized spacial score (nSPS) is 20.8. The van der Waals surface area contributed by atoms with Crippen molar-refractivity contribution < 1.29 is 4.74 Å². The van der Waals surface area contributed by atoms with E-state index in [1.165, 1.54) is 19.0 Å². The summed E-state index contributed by atoms with van der Waals surface area (Å²) in [4.78, 5) is 10.2. The number of ether oxygens (including phenoxy) is 1. The summed E-state index contributed by atoms with van der Waals surface area (Å²) in [6.45, 7) is 1.68. The molecular weight excluding hydrogens is 216 g/mol. The van der Waals surface area contributed by atoms with Crippen LogP contribution < -0.4 is 4.74 Å². The van der Waals surface area contributed by atoms with Crippen molar-refractivity contribution in [2.45, 2.75) is 25.3 Å². The summed E-state index contributed by atoms with van der Waals surface area (Å²) in [6, 6.07) is 2.40. The fourth-order valence-corrected chi connectivity index (χ4v) is 2.04. The molecule has 1 aromatic heterocycles. The molecule has 1 aliphatic heterocycles. The molecule has 0 amide bonds. The first-order valence-electron chi connectivity index (χ1n) is 5.85. The Kier molecular flexibility index (Phi) is 3.89. The van der Waals surface area contributed by atoms with Crippen LogP contribution in [-0.2, 0) is 0 Å². The third-order valence-electron chi connectivity index (χ3n) is 3.10. The molecule has 0 N–H and O–H groups in total. The van der Waals surface area contributed by atoms with Crippen LogP contribution in [0.4, 0.5) is 0 Å². The first-order valence-corrected chi connectivity index (χ1v) is 5.85. The van der Waals surface area contributed by atoms with Crippen LogP contribution in [0.2, 0.25) is 0 Å². The molecule has 1 saturated heterocycles. The van der Waals surface area contributed by atoms with Gasteiger partial charge in [0.25, 0.3) is 5.88 Å². The molecule has 90 valence electrons. The van der Waals surface area contributed by atoms with Crippen molar-refractivity contribution in [3.63, 3.8) is 0 Å². The summed E-state index contributed by atoms with van der Waals surface area (Å²) in [5.41, 5.74) is 0.256. The van der Waals surface area contributed by atoms with E-state index in [2.05, 4.69) is 21.9 Å². The molecule has 1 atom stereocenters. The minimum absolute atomic E-state index is 0.256. The Hall–Kier alpha value is -1.67. The first kappa shape index (κ1) is 11.8. The maximum absolute atomic E-state index is 8.86. The average Bonchev–Trinajstić information content (AvgIpc) is 2.38. The van der Waals surface area contributed by atoms with Crippen molar-refractivity contribution in [1.82, 2.24) is 14.9 Å². The Morgan fingerprint density at radius 1 is 1.47 bits per heavy atom. The minimum atomic E-state index is 0.256. The molecule has 1 unspecified atom stereocenters. The lowest BCUT2D eigenvalue weighted by molar-refractivity contribution is 0.122. The van der Waals surface area contributed by atoms with Gasteiger partial charge in [0.15, 0.2) is 0 Å². The number of aromatic nitrogens is 2. The van der Waals surface area contributed by atoms with Gasteiger partial charge in [-0.05, 0) is 26.4 Å². The Bertz CT molecular complexity index is 415. The van der Waals surface area contributed by atoms with Gasteiger partial charge in [-0.3, -0.25) is 0 Å². The van der Waals surface area contributed by atoms with Gasteiger partial charge in [0, 0.05) is 18.4 Å². The molecule has 0 radical (unpaired) electrons. The summed E-state index contributed by atoms with van der Waals surface area (Å²) in [6.07, 6.45) is 6.67. The molecule has 2 rings (SSSR count). The smallest absolute Gasteiger partial charge is 0.251 e. The second-order valence-corrected chi connectivity index (χ2v) is 4.26. The molecule has 2 heterocycles. The highest BCUT2D eigenvalue weighted by Crippen LogP contribution is 2.17. The van der Waals surface area contributed by atoms with Gasteiger partial charge in [-0.1, -0.05) is 6.42 Å². The van der Waals surface area contributed by atoms with Crippen LogP contribution in [0.5, 0.6) is 5.88 Å². The highest BCUT2D eigenvalue weighted by molar-refractivity contribution is 5.29. The van der Waals surface area contributed by atoms with Gasteiger partial charge < -0.3 is 9.64 Å². The van der Waals surface area contributed by atoms with E-state index in [-0.39, 0.29) is 5.69 Å². The van der Waals surface area contributed by atoms with Crippen LogP contribution in [0.3, 0.4) is 0 Å². The van der Waals surface area contributed by atoms with Gasteiger partial charge in [0.05, 0.1) is 0 Å². The lowest BCUT2D eigenvalue weighted by atomic mass is 10.0. The maximum Gasteiger partial charge on any atom is 0.251 e. The zero-order valence-corrected chi connectivity index (χ0v) is 9.96. The molecule has 1 aromatic rings. The van der Waals surface area contributed by atoms with Crippen molar-refractivity contribution in [3.8, 4) is 11.9 Å². The van der Waals surface area contributed by atoms with E-state index in [9.17, 15) is 0 Å². The maximum atomic E-state index is 8.86. The van der Waals surface area contributed by atoms with Gasteiger partial charge in [-0.25, -0.2) is 9.97 Å². The Morgan fingerprint density at radius 3 is 3.06 bits per heavy atom. The van der Waals surface area contributed by atoms with Crippen LogP contribution >= 0.6 is 0 Å². The molecule has 1 fully saturated rings. The number of nitrogens with zero attached hydrogens (tertiary/aromatic N) is 4. The van der Waals surface area contributed by atoms with Gasteiger partial charge >= 0.3 is 0 Å². The molecule has 5 heteroatoms. The van der Waals surface area contributed by atoms with E-state index in [1.54, 1.807) is 6.20 Å². The minimum Gasteiger partial charge on any atom is -0.474 e. The SMILES string of the molecule is CN1CCCCC1COc1nccnc1C#N. The van der Waals surface area contributed by atoms with E-state index in [1.807, 2.05) is 6.07 Å². The summed E-state index contributed by atoms with van der Waals surface area (Å²) >= 11 is 0. The topological polar surface area (TPSA) is 62.0 Å². The van der Waals surface area contributed by atoms with Crippen molar-refractivity contribution >= 4 is 0 Å². The highest BCUT2D eigenvalue weighted by atomic mass is 16.5. The summed E-state index contributed by atoms with van der Waals surface area (Å²) in [7, 11) is 2.11. The Labute approximate surface area is 101 Å². The first-order chi connectivity index (χ1) is 8.31. The zero-order chi connectivity index (χ0) is 12.1. The van der Waals surface area contributed by atoms with Crippen molar-refractivity contribution in [2.75, 3.05) is 20.2 Å². The number of piperidine rings is 1. The van der Waals surface area contributed by atoms with E-state index < -0.39 is 0 Å². The van der Waals surface area contributed by atoms with Crippen LogP contribution in [0.15, 0.2) is 12.4 Å². The van der Waals surface area contributed by atoms with Gasteiger partial charge in [-0.2, -0.15) is 5.26 Å². The molecule has 0 saturated carbocycles. The summed E-state index contributed by atoms with van der Waals surface area (Å²) in [5.74, 6) is 0.342. The van der Waals surface area contributed by atoms with Crippen molar-refractivity contribution in [2.24, 2.45) is 0 Å².